The van der Waals surface area contributed by atoms with Gasteiger partial charge in [-0.15, -0.1) is 0 Å². The molecule has 1 atom stereocenters. The van der Waals surface area contributed by atoms with Crippen LogP contribution in [0.2, 0.25) is 0 Å². The van der Waals surface area contributed by atoms with E-state index in [2.05, 4.69) is 5.32 Å². The van der Waals surface area contributed by atoms with E-state index in [4.69, 9.17) is 5.73 Å². The Kier molecular flexibility index (Phi) is 4.89. The molecule has 0 fully saturated rings. The van der Waals surface area contributed by atoms with E-state index in [0.717, 1.165) is 0 Å². The first-order valence-electron chi connectivity index (χ1n) is 5.37. The quantitative estimate of drug-likeness (QED) is 0.373. The van der Waals surface area contributed by atoms with E-state index in [1.807, 2.05) is 0 Å². The first-order valence-corrected chi connectivity index (χ1v) is 5.37. The molecule has 0 amide bonds. The second-order valence-electron chi connectivity index (χ2n) is 3.99. The summed E-state index contributed by atoms with van der Waals surface area (Å²) in [7, 11) is 0. The molecule has 0 bridgehead atoms. The molecule has 0 aromatic heterocycles. The van der Waals surface area contributed by atoms with Crippen LogP contribution in [-0.2, 0) is 0 Å². The lowest BCUT2D eigenvalue weighted by molar-refractivity contribution is 0.381. The molecule has 1 aromatic rings. The molecule has 0 heterocycles. The van der Waals surface area contributed by atoms with E-state index in [-0.39, 0.29) is 12.6 Å². The zero-order valence-corrected chi connectivity index (χ0v) is 9.67. The number of halogens is 5. The Morgan fingerprint density at radius 3 is 1.83 bits per heavy atom. The highest BCUT2D eigenvalue weighted by Gasteiger charge is 2.25. The summed E-state index contributed by atoms with van der Waals surface area (Å²) in [6.45, 7) is 1.82. The van der Waals surface area contributed by atoms with Crippen LogP contribution in [0.25, 0.3) is 0 Å². The molecule has 0 radical (unpaired) electrons. The van der Waals surface area contributed by atoms with Gasteiger partial charge >= 0.3 is 0 Å². The summed E-state index contributed by atoms with van der Waals surface area (Å²) in [5.74, 6) is -9.78. The molecule has 18 heavy (non-hydrogen) atoms. The largest absolute Gasteiger partial charge is 0.380 e. The van der Waals surface area contributed by atoms with Crippen molar-refractivity contribution in [1.29, 1.82) is 0 Å². The van der Waals surface area contributed by atoms with E-state index >= 15 is 0 Å². The predicted octanol–water partition coefficient (Wildman–Crippen LogP) is 2.92. The van der Waals surface area contributed by atoms with Gasteiger partial charge in [0.2, 0.25) is 5.82 Å². The van der Waals surface area contributed by atoms with Crippen LogP contribution in [0.4, 0.5) is 27.6 Å². The van der Waals surface area contributed by atoms with E-state index in [1.165, 1.54) is 0 Å². The van der Waals surface area contributed by atoms with Crippen molar-refractivity contribution in [2.75, 3.05) is 11.9 Å². The lowest BCUT2D eigenvalue weighted by Gasteiger charge is -2.11. The molecule has 0 aliphatic heterocycles. The summed E-state index contributed by atoms with van der Waals surface area (Å²) in [6.07, 6.45) is 1.03. The van der Waals surface area contributed by atoms with Crippen LogP contribution in [0.3, 0.4) is 0 Å². The van der Waals surface area contributed by atoms with Crippen LogP contribution < -0.4 is 11.1 Å². The van der Waals surface area contributed by atoms with Crippen molar-refractivity contribution < 1.29 is 22.0 Å². The van der Waals surface area contributed by atoms with Crippen molar-refractivity contribution in [3.8, 4) is 0 Å². The van der Waals surface area contributed by atoms with E-state index in [1.54, 1.807) is 6.92 Å². The Balaban J connectivity index is 2.83. The molecule has 7 heteroatoms. The molecule has 2 nitrogen and oxygen atoms in total. The SMILES string of the molecule is CC(N)CCCNc1c(F)c(F)c(F)c(F)c1F. The van der Waals surface area contributed by atoms with Crippen LogP contribution in [0.1, 0.15) is 19.8 Å². The van der Waals surface area contributed by atoms with Gasteiger partial charge in [-0.3, -0.25) is 0 Å². The molecule has 3 N–H and O–H groups in total. The minimum atomic E-state index is -2.16. The predicted molar refractivity (Wildman–Crippen MR) is 57.6 cm³/mol. The first-order chi connectivity index (χ1) is 8.36. The number of nitrogens with two attached hydrogens (primary N) is 1. The summed E-state index contributed by atoms with van der Waals surface area (Å²) < 4.78 is 64.7. The van der Waals surface area contributed by atoms with Crippen LogP contribution in [0.5, 0.6) is 0 Å². The maximum Gasteiger partial charge on any atom is 0.200 e. The molecule has 1 rings (SSSR count). The van der Waals surface area contributed by atoms with Gasteiger partial charge in [0.1, 0.15) is 5.69 Å². The Hall–Kier alpha value is -1.37. The average Bonchev–Trinajstić information content (AvgIpc) is 2.32. The number of anilines is 1. The average molecular weight is 268 g/mol. The smallest absolute Gasteiger partial charge is 0.200 e. The van der Waals surface area contributed by atoms with Gasteiger partial charge in [-0.1, -0.05) is 0 Å². The highest BCUT2D eigenvalue weighted by molar-refractivity contribution is 5.47. The van der Waals surface area contributed by atoms with Gasteiger partial charge in [-0.2, -0.15) is 0 Å². The van der Waals surface area contributed by atoms with Gasteiger partial charge in [0.25, 0.3) is 0 Å². The Morgan fingerprint density at radius 1 is 0.944 bits per heavy atom. The molecule has 102 valence electrons. The second kappa shape index (κ2) is 5.99. The third kappa shape index (κ3) is 3.10. The molecule has 0 saturated carbocycles. The summed E-state index contributed by atoms with van der Waals surface area (Å²) >= 11 is 0. The van der Waals surface area contributed by atoms with Gasteiger partial charge in [0, 0.05) is 12.6 Å². The highest BCUT2D eigenvalue weighted by atomic mass is 19.2. The van der Waals surface area contributed by atoms with Crippen molar-refractivity contribution in [3.63, 3.8) is 0 Å². The Morgan fingerprint density at radius 2 is 1.39 bits per heavy atom. The summed E-state index contributed by atoms with van der Waals surface area (Å²) in [4.78, 5) is 0. The van der Waals surface area contributed by atoms with Crippen molar-refractivity contribution in [2.45, 2.75) is 25.8 Å². The van der Waals surface area contributed by atoms with Gasteiger partial charge < -0.3 is 11.1 Å². The number of rotatable bonds is 5. The van der Waals surface area contributed by atoms with Crippen molar-refractivity contribution >= 4 is 5.69 Å². The van der Waals surface area contributed by atoms with E-state index in [0.29, 0.717) is 12.8 Å². The molecule has 0 aliphatic rings. The number of nitrogens with one attached hydrogen (secondary N) is 1. The normalized spacial score (nSPS) is 12.6. The lowest BCUT2D eigenvalue weighted by atomic mass is 10.2. The van der Waals surface area contributed by atoms with Crippen LogP contribution in [0.15, 0.2) is 0 Å². The molecular weight excluding hydrogens is 255 g/mol. The number of benzene rings is 1. The van der Waals surface area contributed by atoms with Crippen LogP contribution in [-0.4, -0.2) is 12.6 Å². The van der Waals surface area contributed by atoms with Gasteiger partial charge in [-0.25, -0.2) is 22.0 Å². The zero-order valence-electron chi connectivity index (χ0n) is 9.67. The highest BCUT2D eigenvalue weighted by Crippen LogP contribution is 2.26. The minimum Gasteiger partial charge on any atom is -0.380 e. The molecule has 0 spiro atoms. The summed E-state index contributed by atoms with van der Waals surface area (Å²) in [5.41, 5.74) is 4.45. The Bertz CT molecular complexity index is 405. The third-order valence-electron chi connectivity index (χ3n) is 2.35. The first kappa shape index (κ1) is 14.7. The second-order valence-corrected chi connectivity index (χ2v) is 3.99. The van der Waals surface area contributed by atoms with Crippen molar-refractivity contribution in [1.82, 2.24) is 0 Å². The topological polar surface area (TPSA) is 38.0 Å². The number of hydrogen-bond donors (Lipinski definition) is 2. The van der Waals surface area contributed by atoms with Gasteiger partial charge in [0.15, 0.2) is 23.3 Å². The molecule has 0 saturated heterocycles. The summed E-state index contributed by atoms with van der Waals surface area (Å²) in [5, 5.41) is 2.19. The van der Waals surface area contributed by atoms with Crippen molar-refractivity contribution in [2.24, 2.45) is 5.73 Å². The van der Waals surface area contributed by atoms with E-state index in [9.17, 15) is 22.0 Å². The third-order valence-corrected chi connectivity index (χ3v) is 2.35. The maximum absolute atomic E-state index is 13.2. The fourth-order valence-corrected chi connectivity index (χ4v) is 1.40. The van der Waals surface area contributed by atoms with Gasteiger partial charge in [0.05, 0.1) is 0 Å². The Labute approximate surface area is 101 Å². The lowest BCUT2D eigenvalue weighted by Crippen LogP contribution is -2.17. The minimum absolute atomic E-state index is 0.0693. The van der Waals surface area contributed by atoms with Gasteiger partial charge in [-0.05, 0) is 19.8 Å². The van der Waals surface area contributed by atoms with E-state index < -0.39 is 34.8 Å². The van der Waals surface area contributed by atoms with Crippen LogP contribution in [0, 0.1) is 29.1 Å². The fraction of sp³-hybridized carbons (Fsp3) is 0.455. The molecule has 1 aromatic carbocycles. The summed E-state index contributed by atoms with van der Waals surface area (Å²) in [6, 6.07) is -0.0943. The molecule has 0 aliphatic carbocycles. The van der Waals surface area contributed by atoms with Crippen LogP contribution >= 0.6 is 0 Å². The molecular formula is C11H13F5N2. The molecule has 1 unspecified atom stereocenters. The standard InChI is InChI=1S/C11H13F5N2/c1-5(17)3-2-4-18-11-9(15)7(13)6(12)8(14)10(11)16/h5,18H,2-4,17H2,1H3. The number of hydrogen-bond acceptors (Lipinski definition) is 2. The van der Waals surface area contributed by atoms with Crippen molar-refractivity contribution in [3.05, 3.63) is 29.1 Å². The fourth-order valence-electron chi connectivity index (χ4n) is 1.40. The maximum atomic E-state index is 13.2. The monoisotopic (exact) mass is 268 g/mol. The zero-order chi connectivity index (χ0) is 13.9.